The van der Waals surface area contributed by atoms with Crippen molar-refractivity contribution in [1.82, 2.24) is 25.2 Å². The summed E-state index contributed by atoms with van der Waals surface area (Å²) in [5.41, 5.74) is 1.86. The number of alkyl halides is 3. The third-order valence-electron chi connectivity index (χ3n) is 5.59. The number of likely N-dealkylation sites (N-methyl/N-ethyl adjacent to an activating group) is 1. The van der Waals surface area contributed by atoms with Crippen molar-refractivity contribution in [2.75, 3.05) is 50.0 Å². The predicted molar refractivity (Wildman–Crippen MR) is 135 cm³/mol. The number of ether oxygens (including phenoxy) is 2. The highest BCUT2D eigenvalue weighted by Crippen LogP contribution is 2.21. The van der Waals surface area contributed by atoms with Crippen molar-refractivity contribution >= 4 is 23.5 Å². The summed E-state index contributed by atoms with van der Waals surface area (Å²) < 4.78 is 48.7. The average molecular weight is 532 g/mol. The zero-order valence-electron chi connectivity index (χ0n) is 20.7. The molecule has 0 spiro atoms. The van der Waals surface area contributed by atoms with Crippen LogP contribution in [-0.2, 0) is 6.54 Å². The molecule has 202 valence electrons. The van der Waals surface area contributed by atoms with E-state index in [1.807, 2.05) is 24.3 Å². The molecule has 0 fully saturated rings. The van der Waals surface area contributed by atoms with E-state index in [-0.39, 0.29) is 17.8 Å². The van der Waals surface area contributed by atoms with Gasteiger partial charge in [0.25, 0.3) is 5.91 Å². The number of rotatable bonds is 3. The van der Waals surface area contributed by atoms with Crippen molar-refractivity contribution in [2.24, 2.45) is 0 Å². The maximum absolute atomic E-state index is 12.7. The molecule has 5 heterocycles. The van der Waals surface area contributed by atoms with Gasteiger partial charge < -0.3 is 25.4 Å². The largest absolute Gasteiger partial charge is 0.492 e. The third kappa shape index (κ3) is 8.20. The van der Waals surface area contributed by atoms with Gasteiger partial charge in [-0.25, -0.2) is 0 Å². The summed E-state index contributed by atoms with van der Waals surface area (Å²) in [5, 5.41) is 8.81. The van der Waals surface area contributed by atoms with Crippen molar-refractivity contribution in [3.05, 3.63) is 59.7 Å². The fourth-order valence-corrected chi connectivity index (χ4v) is 3.57. The lowest BCUT2D eigenvalue weighted by atomic mass is 10.2. The van der Waals surface area contributed by atoms with Gasteiger partial charge in [0, 0.05) is 37.4 Å². The molecule has 1 amide bonds. The number of benzene rings is 2. The first kappa shape index (κ1) is 26.9. The van der Waals surface area contributed by atoms with Crippen LogP contribution in [0.1, 0.15) is 22.8 Å². The van der Waals surface area contributed by atoms with Crippen LogP contribution in [0.2, 0.25) is 0 Å². The summed E-state index contributed by atoms with van der Waals surface area (Å²) in [5.74, 6) is 0.485. The van der Waals surface area contributed by atoms with Gasteiger partial charge >= 0.3 is 12.2 Å². The van der Waals surface area contributed by atoms with E-state index in [4.69, 9.17) is 9.47 Å². The normalized spacial score (nSPS) is 15.3. The number of hydrogen-bond acceptors (Lipinski definition) is 9. The van der Waals surface area contributed by atoms with E-state index in [0.717, 1.165) is 12.1 Å². The second-order valence-corrected chi connectivity index (χ2v) is 8.41. The van der Waals surface area contributed by atoms with E-state index in [9.17, 15) is 18.0 Å². The quantitative estimate of drug-likeness (QED) is 0.466. The number of nitrogens with zero attached hydrogens (tertiary/aromatic N) is 4. The van der Waals surface area contributed by atoms with Crippen LogP contribution in [0, 0.1) is 0 Å². The second kappa shape index (κ2) is 12.4. The first-order valence-corrected chi connectivity index (χ1v) is 12.1. The van der Waals surface area contributed by atoms with Gasteiger partial charge in [-0.2, -0.15) is 28.1 Å². The van der Waals surface area contributed by atoms with Gasteiger partial charge in [0.05, 0.1) is 0 Å². The number of amides is 1. The summed E-state index contributed by atoms with van der Waals surface area (Å²) >= 11 is 0. The molecule has 38 heavy (non-hydrogen) atoms. The summed E-state index contributed by atoms with van der Waals surface area (Å²) in [7, 11) is 0. The van der Waals surface area contributed by atoms with Crippen molar-refractivity contribution in [2.45, 2.75) is 19.6 Å². The highest BCUT2D eigenvalue weighted by Gasteiger charge is 2.29. The minimum atomic E-state index is -4.55. The number of carbonyl (C=O) groups is 1. The lowest BCUT2D eigenvalue weighted by Gasteiger charge is -2.20. The molecule has 1 aromatic heterocycles. The Balaban J connectivity index is 1.57. The summed E-state index contributed by atoms with van der Waals surface area (Å²) in [6.45, 7) is 3.98. The molecule has 4 aliphatic rings. The molecule has 3 aromatic rings. The van der Waals surface area contributed by atoms with E-state index >= 15 is 0 Å². The summed E-state index contributed by atoms with van der Waals surface area (Å²) in [6.07, 6.45) is -4.55. The summed E-state index contributed by atoms with van der Waals surface area (Å²) in [4.78, 5) is 26.9. The van der Waals surface area contributed by atoms with Crippen LogP contribution >= 0.6 is 0 Å². The molecule has 4 aliphatic heterocycles. The lowest BCUT2D eigenvalue weighted by molar-refractivity contribution is -0.154. The molecule has 0 unspecified atom stereocenters. The number of hydrogen-bond donors (Lipinski definition) is 3. The van der Waals surface area contributed by atoms with E-state index in [0.29, 0.717) is 49.8 Å². The summed E-state index contributed by atoms with van der Waals surface area (Å²) in [6, 6.07) is 13.4. The van der Waals surface area contributed by atoms with E-state index in [1.165, 1.54) is 0 Å². The zero-order chi connectivity index (χ0) is 27.0. The Kier molecular flexibility index (Phi) is 8.79. The Labute approximate surface area is 217 Å². The number of halogens is 3. The maximum atomic E-state index is 12.7. The van der Waals surface area contributed by atoms with Gasteiger partial charge in [-0.1, -0.05) is 19.1 Å². The monoisotopic (exact) mass is 531 g/mol. The molecule has 6 bridgehead atoms. The van der Waals surface area contributed by atoms with Crippen LogP contribution in [0.5, 0.6) is 11.8 Å². The van der Waals surface area contributed by atoms with Gasteiger partial charge in [-0.15, -0.1) is 0 Å². The number of carbonyl (C=O) groups excluding carboxylic acids is 1. The fraction of sp³-hybridized carbons (Fsp3) is 0.360. The van der Waals surface area contributed by atoms with Crippen LogP contribution in [-0.4, -0.2) is 71.3 Å². The maximum Gasteiger partial charge on any atom is 0.422 e. The Morgan fingerprint density at radius 3 is 2.42 bits per heavy atom. The number of nitrogens with one attached hydrogen (secondary N) is 3. The van der Waals surface area contributed by atoms with E-state index < -0.39 is 18.8 Å². The van der Waals surface area contributed by atoms with Crippen LogP contribution in [0.4, 0.5) is 30.8 Å². The average Bonchev–Trinajstić information content (AvgIpc) is 2.90. The number of anilines is 3. The molecule has 2 aromatic carbocycles. The van der Waals surface area contributed by atoms with Crippen molar-refractivity contribution in [1.29, 1.82) is 0 Å². The molecule has 0 saturated carbocycles. The van der Waals surface area contributed by atoms with Gasteiger partial charge in [-0.05, 0) is 48.5 Å². The second-order valence-electron chi connectivity index (χ2n) is 8.41. The standard InChI is InChI=1S/C25H28F3N7O3/c1-2-35-12-11-29-21(36)18-5-7-19(8-6-18)31-23-32-22(33-24(34-23)38-16-25(26,27)28)30-15-17-3-9-20(10-4-17)37-14-13-35/h3-10H,2,11-16H2,1H3,(H,29,36)(H2,30,31,32,33,34). The van der Waals surface area contributed by atoms with E-state index in [1.54, 1.807) is 24.3 Å². The van der Waals surface area contributed by atoms with Crippen LogP contribution < -0.4 is 25.4 Å². The molecule has 13 heteroatoms. The van der Waals surface area contributed by atoms with Crippen molar-refractivity contribution in [3.8, 4) is 11.8 Å². The smallest absolute Gasteiger partial charge is 0.422 e. The molecule has 0 radical (unpaired) electrons. The SMILES string of the molecule is CCN1CCNC(=O)c2ccc(cc2)Nc2nc(nc(OCC(F)(F)F)n2)NCc2ccc(cc2)OCC1. The predicted octanol–water partition coefficient (Wildman–Crippen LogP) is 3.61. The van der Waals surface area contributed by atoms with Crippen molar-refractivity contribution in [3.63, 3.8) is 0 Å². The number of aromatic nitrogens is 3. The fourth-order valence-electron chi connectivity index (χ4n) is 3.57. The van der Waals surface area contributed by atoms with Gasteiger partial charge in [0.1, 0.15) is 12.4 Å². The Hall–Kier alpha value is -4.13. The molecule has 0 atom stereocenters. The first-order valence-electron chi connectivity index (χ1n) is 12.1. The van der Waals surface area contributed by atoms with Gasteiger partial charge in [-0.3, -0.25) is 9.69 Å². The van der Waals surface area contributed by atoms with Gasteiger partial charge in [0.15, 0.2) is 6.61 Å². The van der Waals surface area contributed by atoms with E-state index in [2.05, 4.69) is 42.7 Å². The molecular weight excluding hydrogens is 503 g/mol. The highest BCUT2D eigenvalue weighted by molar-refractivity contribution is 5.94. The topological polar surface area (TPSA) is 114 Å². The minimum absolute atomic E-state index is 0.0255. The van der Waals surface area contributed by atoms with Gasteiger partial charge in [0.2, 0.25) is 11.9 Å². The Morgan fingerprint density at radius 1 is 0.974 bits per heavy atom. The van der Waals surface area contributed by atoms with Crippen LogP contribution in [0.25, 0.3) is 0 Å². The molecule has 7 rings (SSSR count). The molecular formula is C25H28F3N7O3. The Bertz CT molecular complexity index is 1210. The molecule has 3 N–H and O–H groups in total. The first-order chi connectivity index (χ1) is 18.3. The lowest BCUT2D eigenvalue weighted by Crippen LogP contribution is -2.36. The Morgan fingerprint density at radius 2 is 1.71 bits per heavy atom. The third-order valence-corrected chi connectivity index (χ3v) is 5.59. The van der Waals surface area contributed by atoms with Crippen LogP contribution in [0.15, 0.2) is 48.5 Å². The van der Waals surface area contributed by atoms with Crippen LogP contribution in [0.3, 0.4) is 0 Å². The highest BCUT2D eigenvalue weighted by atomic mass is 19.4. The zero-order valence-corrected chi connectivity index (χ0v) is 20.7. The molecule has 10 nitrogen and oxygen atoms in total. The molecule has 0 saturated heterocycles. The minimum Gasteiger partial charge on any atom is -0.492 e. The molecule has 0 aliphatic carbocycles. The van der Waals surface area contributed by atoms with Crippen molar-refractivity contribution < 1.29 is 27.4 Å².